The summed E-state index contributed by atoms with van der Waals surface area (Å²) in [5.41, 5.74) is 0. The van der Waals surface area contributed by atoms with Gasteiger partial charge in [-0.2, -0.15) is 0 Å². The molecule has 0 aromatic heterocycles. The number of sulfone groups is 1. The average molecular weight is 247 g/mol. The zero-order chi connectivity index (χ0) is 11.6. The van der Waals surface area contributed by atoms with E-state index < -0.39 is 9.84 Å². The molecule has 2 rings (SSSR count). The predicted molar refractivity (Wildman–Crippen MR) is 63.2 cm³/mol. The van der Waals surface area contributed by atoms with Gasteiger partial charge in [-0.15, -0.1) is 0 Å². The van der Waals surface area contributed by atoms with Gasteiger partial charge in [-0.25, -0.2) is 8.42 Å². The molecule has 1 N–H and O–H groups in total. The van der Waals surface area contributed by atoms with Crippen molar-refractivity contribution in [2.75, 3.05) is 24.7 Å². The lowest BCUT2D eigenvalue weighted by molar-refractivity contribution is 0.105. The zero-order valence-electron chi connectivity index (χ0n) is 9.81. The first-order valence-electron chi connectivity index (χ1n) is 6.12. The van der Waals surface area contributed by atoms with Crippen molar-refractivity contribution in [1.29, 1.82) is 0 Å². The minimum Gasteiger partial charge on any atom is -0.378 e. The third kappa shape index (κ3) is 3.18. The molecular formula is C11H21NO3S. The molecule has 0 radical (unpaired) electrons. The van der Waals surface area contributed by atoms with Crippen LogP contribution in [0.5, 0.6) is 0 Å². The van der Waals surface area contributed by atoms with Crippen molar-refractivity contribution in [3.63, 3.8) is 0 Å². The van der Waals surface area contributed by atoms with Gasteiger partial charge in [0.25, 0.3) is 0 Å². The Labute approximate surface area is 97.7 Å². The first kappa shape index (κ1) is 12.3. The maximum Gasteiger partial charge on any atom is 0.150 e. The molecule has 4 nitrogen and oxygen atoms in total. The Morgan fingerprint density at radius 2 is 1.94 bits per heavy atom. The van der Waals surface area contributed by atoms with Gasteiger partial charge in [0.05, 0.1) is 17.6 Å². The van der Waals surface area contributed by atoms with Crippen LogP contribution >= 0.6 is 0 Å². The molecule has 2 aliphatic rings. The van der Waals surface area contributed by atoms with E-state index in [1.54, 1.807) is 0 Å². The Balaban J connectivity index is 1.71. The second-order valence-electron chi connectivity index (χ2n) is 4.96. The van der Waals surface area contributed by atoms with Gasteiger partial charge in [-0.05, 0) is 32.1 Å². The van der Waals surface area contributed by atoms with Crippen molar-refractivity contribution in [2.45, 2.75) is 38.3 Å². The highest BCUT2D eigenvalue weighted by atomic mass is 32.2. The van der Waals surface area contributed by atoms with Gasteiger partial charge in [0, 0.05) is 19.2 Å². The van der Waals surface area contributed by atoms with Gasteiger partial charge in [-0.1, -0.05) is 0 Å². The van der Waals surface area contributed by atoms with Crippen LogP contribution in [0.4, 0.5) is 0 Å². The van der Waals surface area contributed by atoms with E-state index in [1.807, 2.05) is 0 Å². The average Bonchev–Trinajstić information content (AvgIpc) is 2.63. The van der Waals surface area contributed by atoms with Crippen molar-refractivity contribution in [3.8, 4) is 0 Å². The Morgan fingerprint density at radius 3 is 2.50 bits per heavy atom. The molecule has 2 unspecified atom stereocenters. The first-order chi connectivity index (χ1) is 7.57. The summed E-state index contributed by atoms with van der Waals surface area (Å²) in [6.07, 6.45) is 3.01. The van der Waals surface area contributed by atoms with Crippen LogP contribution in [0.1, 0.15) is 26.2 Å². The van der Waals surface area contributed by atoms with Crippen LogP contribution in [-0.2, 0) is 14.6 Å². The fourth-order valence-corrected chi connectivity index (χ4v) is 3.95. The molecule has 2 fully saturated rings. The molecule has 2 aliphatic heterocycles. The van der Waals surface area contributed by atoms with E-state index in [4.69, 9.17) is 4.74 Å². The summed E-state index contributed by atoms with van der Waals surface area (Å²) < 4.78 is 28.0. The number of hydrogen-bond donors (Lipinski definition) is 1. The zero-order valence-corrected chi connectivity index (χ0v) is 10.6. The summed E-state index contributed by atoms with van der Waals surface area (Å²) in [5, 5.41) is 3.49. The van der Waals surface area contributed by atoms with Crippen molar-refractivity contribution in [3.05, 3.63) is 0 Å². The molecule has 0 bridgehead atoms. The maximum absolute atomic E-state index is 11.3. The van der Waals surface area contributed by atoms with E-state index >= 15 is 0 Å². The van der Waals surface area contributed by atoms with Crippen LogP contribution in [0.3, 0.4) is 0 Å². The van der Waals surface area contributed by atoms with Crippen molar-refractivity contribution >= 4 is 9.84 Å². The van der Waals surface area contributed by atoms with Crippen LogP contribution in [0.15, 0.2) is 0 Å². The van der Waals surface area contributed by atoms with Crippen LogP contribution in [0.2, 0.25) is 0 Å². The Hall–Kier alpha value is -0.130. The number of hydrogen-bond acceptors (Lipinski definition) is 4. The van der Waals surface area contributed by atoms with Gasteiger partial charge in [0.1, 0.15) is 9.84 Å². The lowest BCUT2D eigenvalue weighted by atomic mass is 10.0. The molecular weight excluding hydrogens is 226 g/mol. The van der Waals surface area contributed by atoms with Crippen molar-refractivity contribution in [2.24, 2.45) is 5.92 Å². The largest absolute Gasteiger partial charge is 0.378 e. The summed E-state index contributed by atoms with van der Waals surface area (Å²) in [7, 11) is -2.73. The topological polar surface area (TPSA) is 55.4 Å². The fraction of sp³-hybridized carbons (Fsp3) is 1.00. The van der Waals surface area contributed by atoms with E-state index in [2.05, 4.69) is 12.2 Å². The fourth-order valence-electron chi connectivity index (χ4n) is 2.46. The highest BCUT2D eigenvalue weighted by Crippen LogP contribution is 2.20. The predicted octanol–water partition coefficient (Wildman–Crippen LogP) is 0.578. The molecule has 2 saturated heterocycles. The summed E-state index contributed by atoms with van der Waals surface area (Å²) in [6.45, 7) is 3.95. The molecule has 2 atom stereocenters. The normalized spacial score (nSPS) is 35.3. The van der Waals surface area contributed by atoms with Gasteiger partial charge >= 0.3 is 0 Å². The summed E-state index contributed by atoms with van der Waals surface area (Å²) >= 11 is 0. The lowest BCUT2D eigenvalue weighted by Crippen LogP contribution is -2.40. The standard InChI is InChI=1S/C11H21NO3S/c1-9-10(2-5-15-9)8-12-11-3-6-16(13,14)7-4-11/h9-12H,2-8H2,1H3. The first-order valence-corrected chi connectivity index (χ1v) is 7.94. The number of rotatable bonds is 3. The van der Waals surface area contributed by atoms with E-state index in [1.165, 1.54) is 0 Å². The molecule has 0 aliphatic carbocycles. The Morgan fingerprint density at radius 1 is 1.25 bits per heavy atom. The minimum absolute atomic E-state index is 0.347. The molecule has 16 heavy (non-hydrogen) atoms. The van der Waals surface area contributed by atoms with Gasteiger partial charge in [0.2, 0.25) is 0 Å². The molecule has 0 aromatic carbocycles. The van der Waals surface area contributed by atoms with Gasteiger partial charge in [0.15, 0.2) is 0 Å². The molecule has 5 heteroatoms. The molecule has 0 aromatic rings. The van der Waals surface area contributed by atoms with E-state index in [0.717, 1.165) is 32.4 Å². The number of ether oxygens (including phenoxy) is 1. The van der Waals surface area contributed by atoms with Crippen LogP contribution < -0.4 is 5.32 Å². The van der Waals surface area contributed by atoms with E-state index in [-0.39, 0.29) is 0 Å². The highest BCUT2D eigenvalue weighted by molar-refractivity contribution is 7.91. The molecule has 2 heterocycles. The number of nitrogens with one attached hydrogen (secondary N) is 1. The third-order valence-electron chi connectivity index (χ3n) is 3.76. The maximum atomic E-state index is 11.3. The second-order valence-corrected chi connectivity index (χ2v) is 7.26. The Bertz CT molecular complexity index is 314. The molecule has 0 amide bonds. The van der Waals surface area contributed by atoms with Crippen LogP contribution in [0.25, 0.3) is 0 Å². The second kappa shape index (κ2) is 5.02. The summed E-state index contributed by atoms with van der Waals surface area (Å²) in [4.78, 5) is 0. The quantitative estimate of drug-likeness (QED) is 0.792. The molecule has 0 spiro atoms. The van der Waals surface area contributed by atoms with Crippen molar-refractivity contribution in [1.82, 2.24) is 5.32 Å². The van der Waals surface area contributed by atoms with Gasteiger partial charge in [-0.3, -0.25) is 0 Å². The van der Waals surface area contributed by atoms with Gasteiger partial charge < -0.3 is 10.1 Å². The van der Waals surface area contributed by atoms with Crippen molar-refractivity contribution < 1.29 is 13.2 Å². The molecule has 94 valence electrons. The smallest absolute Gasteiger partial charge is 0.150 e. The van der Waals surface area contributed by atoms with E-state index in [0.29, 0.717) is 29.6 Å². The molecule has 0 saturated carbocycles. The summed E-state index contributed by atoms with van der Waals surface area (Å²) in [5.74, 6) is 1.29. The minimum atomic E-state index is -2.73. The SMILES string of the molecule is CC1OCCC1CNC1CCS(=O)(=O)CC1. The highest BCUT2D eigenvalue weighted by Gasteiger charge is 2.27. The van der Waals surface area contributed by atoms with Crippen LogP contribution in [0, 0.1) is 5.92 Å². The van der Waals surface area contributed by atoms with Crippen LogP contribution in [-0.4, -0.2) is 45.2 Å². The summed E-state index contributed by atoms with van der Waals surface area (Å²) in [6, 6.07) is 0.385. The monoisotopic (exact) mass is 247 g/mol. The third-order valence-corrected chi connectivity index (χ3v) is 5.47. The Kier molecular flexibility index (Phi) is 3.87. The lowest BCUT2D eigenvalue weighted by Gasteiger charge is -2.25. The van der Waals surface area contributed by atoms with E-state index in [9.17, 15) is 8.42 Å².